The largest absolute Gasteiger partial charge is 0.340 e. The fourth-order valence-corrected chi connectivity index (χ4v) is 3.22. The topological polar surface area (TPSA) is 3.24 Å². The Kier molecular flexibility index (Phi) is 2.50. The molecule has 0 saturated heterocycles. The van der Waals surface area contributed by atoms with Crippen LogP contribution in [0.25, 0.3) is 0 Å². The van der Waals surface area contributed by atoms with Crippen LogP contribution >= 0.6 is 0 Å². The van der Waals surface area contributed by atoms with Crippen molar-refractivity contribution >= 4 is 5.69 Å². The van der Waals surface area contributed by atoms with E-state index in [1.807, 2.05) is 0 Å². The van der Waals surface area contributed by atoms with Crippen molar-refractivity contribution < 1.29 is 0 Å². The Morgan fingerprint density at radius 3 is 2.71 bits per heavy atom. The van der Waals surface area contributed by atoms with Gasteiger partial charge in [0.25, 0.3) is 0 Å². The van der Waals surface area contributed by atoms with E-state index in [2.05, 4.69) is 49.1 Å². The predicted molar refractivity (Wildman–Crippen MR) is 73.3 cm³/mol. The molecule has 2 aliphatic rings. The van der Waals surface area contributed by atoms with Crippen molar-refractivity contribution in [1.29, 1.82) is 0 Å². The Labute approximate surface area is 104 Å². The molecular formula is C16H21N. The summed E-state index contributed by atoms with van der Waals surface area (Å²) < 4.78 is 0. The van der Waals surface area contributed by atoms with E-state index in [-0.39, 0.29) is 5.54 Å². The minimum absolute atomic E-state index is 0.268. The summed E-state index contributed by atoms with van der Waals surface area (Å²) >= 11 is 0. The summed E-state index contributed by atoms with van der Waals surface area (Å²) in [6, 6.07) is 8.91. The van der Waals surface area contributed by atoms with Crippen molar-refractivity contribution in [2.24, 2.45) is 0 Å². The first kappa shape index (κ1) is 10.9. The molecule has 0 saturated carbocycles. The maximum atomic E-state index is 2.60. The molecule has 1 aromatic carbocycles. The second kappa shape index (κ2) is 3.90. The number of hydrogen-bond acceptors (Lipinski definition) is 1. The number of anilines is 1. The van der Waals surface area contributed by atoms with Crippen LogP contribution in [0.2, 0.25) is 0 Å². The van der Waals surface area contributed by atoms with Crippen LogP contribution in [-0.2, 0) is 6.42 Å². The van der Waals surface area contributed by atoms with E-state index in [0.717, 1.165) is 0 Å². The van der Waals surface area contributed by atoms with Gasteiger partial charge >= 0.3 is 0 Å². The summed E-state index contributed by atoms with van der Waals surface area (Å²) in [5.74, 6) is 0. The second-order valence-corrected chi connectivity index (χ2v) is 5.86. The van der Waals surface area contributed by atoms with Gasteiger partial charge in [0, 0.05) is 16.9 Å². The number of fused-ring (bicyclic) bond motifs is 1. The Bertz CT molecular complexity index is 456. The van der Waals surface area contributed by atoms with Gasteiger partial charge in [-0.05, 0) is 57.6 Å². The standard InChI is InChI=1S/C16H21N/c1-16(2)12-11-13-7-3-6-10-15(13)17(16)14-8-4-5-9-14/h3,6-8,10H,4-5,9,11-12H2,1-2H3. The zero-order valence-electron chi connectivity index (χ0n) is 10.9. The molecule has 1 nitrogen and oxygen atoms in total. The Hall–Kier alpha value is -1.24. The minimum Gasteiger partial charge on any atom is -0.340 e. The summed E-state index contributed by atoms with van der Waals surface area (Å²) in [4.78, 5) is 2.60. The van der Waals surface area contributed by atoms with Gasteiger partial charge < -0.3 is 4.90 Å². The summed E-state index contributed by atoms with van der Waals surface area (Å²) in [5, 5.41) is 0. The lowest BCUT2D eigenvalue weighted by Crippen LogP contribution is -2.46. The van der Waals surface area contributed by atoms with Crippen molar-refractivity contribution in [2.75, 3.05) is 4.90 Å². The molecule has 1 heterocycles. The first-order chi connectivity index (χ1) is 8.18. The lowest BCUT2D eigenvalue weighted by atomic mass is 9.86. The van der Waals surface area contributed by atoms with Gasteiger partial charge in [0.05, 0.1) is 0 Å². The lowest BCUT2D eigenvalue weighted by Gasteiger charge is -2.46. The third-order valence-corrected chi connectivity index (χ3v) is 4.15. The van der Waals surface area contributed by atoms with Crippen LogP contribution in [0.15, 0.2) is 36.0 Å². The third-order valence-electron chi connectivity index (χ3n) is 4.15. The zero-order chi connectivity index (χ0) is 11.9. The molecule has 0 N–H and O–H groups in total. The fraction of sp³-hybridized carbons (Fsp3) is 0.500. The molecule has 0 aromatic heterocycles. The molecule has 1 aromatic rings. The molecule has 0 unspecified atom stereocenters. The number of rotatable bonds is 1. The van der Waals surface area contributed by atoms with E-state index in [0.29, 0.717) is 0 Å². The molecule has 0 atom stereocenters. The van der Waals surface area contributed by atoms with E-state index in [1.54, 1.807) is 5.70 Å². The van der Waals surface area contributed by atoms with Gasteiger partial charge in [0.1, 0.15) is 0 Å². The number of benzene rings is 1. The molecule has 0 radical (unpaired) electrons. The van der Waals surface area contributed by atoms with Crippen LogP contribution in [0.4, 0.5) is 5.69 Å². The zero-order valence-corrected chi connectivity index (χ0v) is 10.9. The Morgan fingerprint density at radius 2 is 1.94 bits per heavy atom. The maximum Gasteiger partial charge on any atom is 0.0445 e. The minimum atomic E-state index is 0.268. The van der Waals surface area contributed by atoms with E-state index in [4.69, 9.17) is 0 Å². The average molecular weight is 227 g/mol. The van der Waals surface area contributed by atoms with E-state index in [1.165, 1.54) is 43.4 Å². The monoisotopic (exact) mass is 227 g/mol. The number of hydrogen-bond donors (Lipinski definition) is 0. The number of para-hydroxylation sites is 1. The third kappa shape index (κ3) is 1.78. The molecule has 90 valence electrons. The molecule has 0 bridgehead atoms. The molecule has 1 heteroatoms. The normalized spacial score (nSPS) is 22.2. The van der Waals surface area contributed by atoms with Crippen molar-refractivity contribution in [1.82, 2.24) is 0 Å². The van der Waals surface area contributed by atoms with E-state index >= 15 is 0 Å². The highest BCUT2D eigenvalue weighted by atomic mass is 15.2. The highest BCUT2D eigenvalue weighted by Gasteiger charge is 2.34. The van der Waals surface area contributed by atoms with Crippen molar-refractivity contribution in [3.63, 3.8) is 0 Å². The molecule has 0 fully saturated rings. The Balaban J connectivity index is 2.08. The number of aryl methyl sites for hydroxylation is 1. The van der Waals surface area contributed by atoms with E-state index in [9.17, 15) is 0 Å². The van der Waals surface area contributed by atoms with Crippen LogP contribution in [0.3, 0.4) is 0 Å². The molecular weight excluding hydrogens is 206 g/mol. The number of allylic oxidation sites excluding steroid dienone is 2. The van der Waals surface area contributed by atoms with Gasteiger partial charge in [-0.2, -0.15) is 0 Å². The van der Waals surface area contributed by atoms with Crippen molar-refractivity contribution in [3.8, 4) is 0 Å². The fourth-order valence-electron chi connectivity index (χ4n) is 3.22. The van der Waals surface area contributed by atoms with Gasteiger partial charge in [-0.25, -0.2) is 0 Å². The van der Waals surface area contributed by atoms with Crippen LogP contribution < -0.4 is 4.90 Å². The molecule has 1 aliphatic carbocycles. The molecule has 0 amide bonds. The quantitative estimate of drug-likeness (QED) is 0.692. The SMILES string of the molecule is CC1(C)CCc2ccccc2N1C1=CCCC1. The van der Waals surface area contributed by atoms with Gasteiger partial charge in [-0.1, -0.05) is 24.3 Å². The van der Waals surface area contributed by atoms with Gasteiger partial charge in [-0.15, -0.1) is 0 Å². The second-order valence-electron chi connectivity index (χ2n) is 5.86. The Morgan fingerprint density at radius 1 is 1.12 bits per heavy atom. The summed E-state index contributed by atoms with van der Waals surface area (Å²) in [6.45, 7) is 4.75. The van der Waals surface area contributed by atoms with Gasteiger partial charge in [-0.3, -0.25) is 0 Å². The lowest BCUT2D eigenvalue weighted by molar-refractivity contribution is 0.431. The molecule has 0 spiro atoms. The van der Waals surface area contributed by atoms with Crippen molar-refractivity contribution in [2.45, 2.75) is 51.5 Å². The molecule has 3 rings (SSSR count). The average Bonchev–Trinajstić information content (AvgIpc) is 2.81. The maximum absolute atomic E-state index is 2.60. The van der Waals surface area contributed by atoms with Crippen LogP contribution in [0, 0.1) is 0 Å². The van der Waals surface area contributed by atoms with Gasteiger partial charge in [0.2, 0.25) is 0 Å². The summed E-state index contributed by atoms with van der Waals surface area (Å²) in [6.07, 6.45) is 8.73. The first-order valence-electron chi connectivity index (χ1n) is 6.76. The molecule has 17 heavy (non-hydrogen) atoms. The highest BCUT2D eigenvalue weighted by Crippen LogP contribution is 2.41. The van der Waals surface area contributed by atoms with Gasteiger partial charge in [0.15, 0.2) is 0 Å². The number of nitrogens with zero attached hydrogens (tertiary/aromatic N) is 1. The summed E-state index contributed by atoms with van der Waals surface area (Å²) in [5.41, 5.74) is 4.77. The van der Waals surface area contributed by atoms with Crippen LogP contribution in [0.5, 0.6) is 0 Å². The van der Waals surface area contributed by atoms with Crippen LogP contribution in [0.1, 0.15) is 45.1 Å². The van der Waals surface area contributed by atoms with E-state index < -0.39 is 0 Å². The van der Waals surface area contributed by atoms with Crippen molar-refractivity contribution in [3.05, 3.63) is 41.6 Å². The highest BCUT2D eigenvalue weighted by molar-refractivity contribution is 5.62. The molecule has 1 aliphatic heterocycles. The predicted octanol–water partition coefficient (Wildman–Crippen LogP) is 4.29. The van der Waals surface area contributed by atoms with Crippen LogP contribution in [-0.4, -0.2) is 5.54 Å². The smallest absolute Gasteiger partial charge is 0.0445 e. The first-order valence-corrected chi connectivity index (χ1v) is 6.76. The summed E-state index contributed by atoms with van der Waals surface area (Å²) in [7, 11) is 0.